The molecule has 1 unspecified atom stereocenters. The highest BCUT2D eigenvalue weighted by atomic mass is 19.4. The molecule has 20 heavy (non-hydrogen) atoms. The molecular weight excluding hydrogens is 275 g/mol. The third-order valence-corrected chi connectivity index (χ3v) is 2.76. The zero-order chi connectivity index (χ0) is 14.8. The normalized spacial score (nSPS) is 19.0. The molecule has 0 aliphatic carbocycles. The molecule has 0 spiro atoms. The number of likely N-dealkylation sites (tertiary alicyclic amines) is 1. The highest BCUT2D eigenvalue weighted by Gasteiger charge is 2.40. The average Bonchev–Trinajstić information content (AvgIpc) is 2.70. The van der Waals surface area contributed by atoms with Crippen LogP contribution >= 0.6 is 0 Å². The van der Waals surface area contributed by atoms with E-state index in [1.54, 1.807) is 6.07 Å². The molecule has 0 radical (unpaired) electrons. The molecule has 1 fully saturated rings. The first-order valence-corrected chi connectivity index (χ1v) is 5.78. The number of pyridine rings is 1. The van der Waals surface area contributed by atoms with Crippen molar-refractivity contribution in [1.29, 1.82) is 5.26 Å². The van der Waals surface area contributed by atoms with Gasteiger partial charge in [0.05, 0.1) is 0 Å². The number of hydrogen-bond acceptors (Lipinski definition) is 4. The van der Waals surface area contributed by atoms with Gasteiger partial charge in [0.2, 0.25) is 0 Å². The molecular formula is C12H10F3N3O2. The second kappa shape index (κ2) is 5.36. The Balaban J connectivity index is 2.06. The summed E-state index contributed by atoms with van der Waals surface area (Å²) < 4.78 is 42.1. The summed E-state index contributed by atoms with van der Waals surface area (Å²) in [6.45, 7) is -1.31. The molecule has 1 amide bonds. The number of amides is 1. The van der Waals surface area contributed by atoms with Gasteiger partial charge in [-0.15, -0.1) is 0 Å². The van der Waals surface area contributed by atoms with Crippen molar-refractivity contribution in [3.05, 3.63) is 24.0 Å². The van der Waals surface area contributed by atoms with E-state index < -0.39 is 24.7 Å². The third-order valence-electron chi connectivity index (χ3n) is 2.76. The molecule has 0 bridgehead atoms. The van der Waals surface area contributed by atoms with Crippen LogP contribution in [0.15, 0.2) is 18.3 Å². The summed E-state index contributed by atoms with van der Waals surface area (Å²) in [4.78, 5) is 16.2. The van der Waals surface area contributed by atoms with E-state index in [4.69, 9.17) is 10.00 Å². The molecule has 1 aliphatic rings. The number of carbonyl (C=O) groups is 1. The summed E-state index contributed by atoms with van der Waals surface area (Å²) in [5.41, 5.74) is -0.00503. The van der Waals surface area contributed by atoms with Crippen molar-refractivity contribution in [2.24, 2.45) is 0 Å². The van der Waals surface area contributed by atoms with Crippen LogP contribution in [0.5, 0.6) is 5.75 Å². The summed E-state index contributed by atoms with van der Waals surface area (Å²) in [5, 5.41) is 8.83. The van der Waals surface area contributed by atoms with Gasteiger partial charge in [-0.25, -0.2) is 4.98 Å². The van der Waals surface area contributed by atoms with E-state index in [1.807, 2.05) is 0 Å². The summed E-state index contributed by atoms with van der Waals surface area (Å²) in [6.07, 6.45) is -3.91. The van der Waals surface area contributed by atoms with E-state index in [0.717, 1.165) is 0 Å². The molecule has 2 rings (SSSR count). The summed E-state index contributed by atoms with van der Waals surface area (Å²) in [6, 6.07) is 4.76. The van der Waals surface area contributed by atoms with Crippen LogP contribution in [0.3, 0.4) is 0 Å². The molecule has 8 heteroatoms. The lowest BCUT2D eigenvalue weighted by Crippen LogP contribution is -2.38. The van der Waals surface area contributed by atoms with Crippen LogP contribution in [0.2, 0.25) is 0 Å². The van der Waals surface area contributed by atoms with E-state index in [1.165, 1.54) is 18.3 Å². The van der Waals surface area contributed by atoms with Crippen molar-refractivity contribution in [1.82, 2.24) is 9.88 Å². The molecule has 5 nitrogen and oxygen atoms in total. The van der Waals surface area contributed by atoms with Gasteiger partial charge in [0.25, 0.3) is 5.91 Å². The van der Waals surface area contributed by atoms with Crippen molar-refractivity contribution in [3.63, 3.8) is 0 Å². The number of nitrogens with zero attached hydrogens (tertiary/aromatic N) is 3. The van der Waals surface area contributed by atoms with Gasteiger partial charge in [0.1, 0.15) is 12.6 Å². The number of rotatable bonds is 3. The van der Waals surface area contributed by atoms with Gasteiger partial charge in [0, 0.05) is 19.2 Å². The molecule has 0 aromatic carbocycles. The first kappa shape index (κ1) is 14.1. The van der Waals surface area contributed by atoms with Gasteiger partial charge in [-0.2, -0.15) is 18.4 Å². The molecule has 0 N–H and O–H groups in total. The van der Waals surface area contributed by atoms with E-state index in [9.17, 15) is 18.0 Å². The number of alkyl halides is 3. The quantitative estimate of drug-likeness (QED) is 0.844. The molecule has 0 saturated carbocycles. The Hall–Kier alpha value is -2.30. The average molecular weight is 285 g/mol. The molecule has 106 valence electrons. The maximum Gasteiger partial charge on any atom is 0.406 e. The lowest BCUT2D eigenvalue weighted by molar-refractivity contribution is -0.159. The van der Waals surface area contributed by atoms with Gasteiger partial charge in [-0.3, -0.25) is 4.79 Å². The monoisotopic (exact) mass is 285 g/mol. The van der Waals surface area contributed by atoms with Crippen LogP contribution in [0.25, 0.3) is 0 Å². The van der Waals surface area contributed by atoms with Crippen LogP contribution in [0.4, 0.5) is 13.2 Å². The second-order valence-corrected chi connectivity index (χ2v) is 4.23. The van der Waals surface area contributed by atoms with Gasteiger partial charge >= 0.3 is 6.18 Å². The van der Waals surface area contributed by atoms with Crippen molar-refractivity contribution in [3.8, 4) is 11.8 Å². The topological polar surface area (TPSA) is 66.2 Å². The Labute approximate surface area is 112 Å². The second-order valence-electron chi connectivity index (χ2n) is 4.23. The minimum absolute atomic E-state index is 0.00503. The molecule has 2 heterocycles. The van der Waals surface area contributed by atoms with Gasteiger partial charge < -0.3 is 9.64 Å². The number of nitriles is 1. The van der Waals surface area contributed by atoms with Crippen molar-refractivity contribution >= 4 is 5.91 Å². The number of hydrogen-bond donors (Lipinski definition) is 0. The maximum absolute atomic E-state index is 12.3. The highest BCUT2D eigenvalue weighted by molar-refractivity contribution is 5.83. The Bertz CT molecular complexity index is 554. The Morgan fingerprint density at radius 1 is 1.55 bits per heavy atom. The third kappa shape index (κ3) is 3.17. The van der Waals surface area contributed by atoms with E-state index >= 15 is 0 Å². The fraction of sp³-hybridized carbons (Fsp3) is 0.417. The van der Waals surface area contributed by atoms with Crippen LogP contribution in [-0.4, -0.2) is 41.2 Å². The van der Waals surface area contributed by atoms with Crippen molar-refractivity contribution in [2.75, 3.05) is 13.1 Å². The zero-order valence-corrected chi connectivity index (χ0v) is 10.2. The molecule has 1 aromatic heterocycles. The lowest BCUT2D eigenvalue weighted by Gasteiger charge is -2.18. The first-order chi connectivity index (χ1) is 9.40. The van der Waals surface area contributed by atoms with Gasteiger partial charge in [-0.1, -0.05) is 0 Å². The van der Waals surface area contributed by atoms with Crippen LogP contribution < -0.4 is 4.74 Å². The number of ether oxygens (including phenoxy) is 1. The SMILES string of the molecule is N#Cc1ncccc1OC1CCN(CC(F)(F)F)C1=O. The summed E-state index contributed by atoms with van der Waals surface area (Å²) in [7, 11) is 0. The predicted molar refractivity (Wildman–Crippen MR) is 60.6 cm³/mol. The molecule has 1 atom stereocenters. The first-order valence-electron chi connectivity index (χ1n) is 5.78. The Morgan fingerprint density at radius 2 is 2.30 bits per heavy atom. The zero-order valence-electron chi connectivity index (χ0n) is 10.2. The van der Waals surface area contributed by atoms with Gasteiger partial charge in [0.15, 0.2) is 17.5 Å². The lowest BCUT2D eigenvalue weighted by atomic mass is 10.3. The minimum atomic E-state index is -4.43. The molecule has 1 aromatic rings. The summed E-state index contributed by atoms with van der Waals surface area (Å²) >= 11 is 0. The number of halogens is 3. The van der Waals surface area contributed by atoms with Crippen LogP contribution in [0, 0.1) is 11.3 Å². The number of aromatic nitrogens is 1. The Morgan fingerprint density at radius 3 is 2.95 bits per heavy atom. The predicted octanol–water partition coefficient (Wildman–Crippen LogP) is 1.50. The highest BCUT2D eigenvalue weighted by Crippen LogP contribution is 2.24. The van der Waals surface area contributed by atoms with E-state index in [2.05, 4.69) is 4.98 Å². The van der Waals surface area contributed by atoms with Crippen molar-refractivity contribution < 1.29 is 22.7 Å². The standard InChI is InChI=1S/C12H10F3N3O2/c13-12(14,15)7-18-5-3-10(11(18)19)20-9-2-1-4-17-8(9)6-16/h1-2,4,10H,3,5,7H2. The summed E-state index contributed by atoms with van der Waals surface area (Å²) in [5.74, 6) is -0.628. The van der Waals surface area contributed by atoms with Crippen LogP contribution in [0.1, 0.15) is 12.1 Å². The largest absolute Gasteiger partial charge is 0.477 e. The van der Waals surface area contributed by atoms with E-state index in [0.29, 0.717) is 4.90 Å². The smallest absolute Gasteiger partial charge is 0.406 e. The Kier molecular flexibility index (Phi) is 3.79. The van der Waals surface area contributed by atoms with E-state index in [-0.39, 0.29) is 24.4 Å². The fourth-order valence-electron chi connectivity index (χ4n) is 1.92. The fourth-order valence-corrected chi connectivity index (χ4v) is 1.92. The number of carbonyl (C=O) groups excluding carboxylic acids is 1. The van der Waals surface area contributed by atoms with Gasteiger partial charge in [-0.05, 0) is 12.1 Å². The maximum atomic E-state index is 12.3. The minimum Gasteiger partial charge on any atom is -0.477 e. The molecule has 1 aliphatic heterocycles. The van der Waals surface area contributed by atoms with Crippen LogP contribution in [-0.2, 0) is 4.79 Å². The van der Waals surface area contributed by atoms with Crippen molar-refractivity contribution in [2.45, 2.75) is 18.7 Å². The molecule has 1 saturated heterocycles.